The maximum Gasteiger partial charge on any atom is 0.0713 e. The molecule has 0 saturated carbocycles. The Morgan fingerprint density at radius 3 is 1.41 bits per heavy atom. The molecule has 0 aliphatic heterocycles. The van der Waals surface area contributed by atoms with Crippen molar-refractivity contribution in [1.29, 1.82) is 0 Å². The van der Waals surface area contributed by atoms with E-state index in [1.165, 1.54) is 77.5 Å². The van der Waals surface area contributed by atoms with Gasteiger partial charge < -0.3 is 0 Å². The normalized spacial score (nSPS) is 12.7. The SMILES string of the molecule is C=Cc1ccc(-c2ccc(-c3ccc(-c4ccccc4)c4cc5c(cc34)C(c3ccccc3)(c3ccccc3)c3ccccc3-5)cc2)cc1. The number of benzene rings is 8. The summed E-state index contributed by atoms with van der Waals surface area (Å²) < 4.78 is 0. The lowest BCUT2D eigenvalue weighted by Crippen LogP contribution is -2.28. The maximum absolute atomic E-state index is 3.91. The molecule has 8 aromatic carbocycles. The summed E-state index contributed by atoms with van der Waals surface area (Å²) in [6.07, 6.45) is 1.89. The van der Waals surface area contributed by atoms with Crippen molar-refractivity contribution in [1.82, 2.24) is 0 Å². The Morgan fingerprint density at radius 1 is 0.347 bits per heavy atom. The van der Waals surface area contributed by atoms with E-state index in [2.05, 4.69) is 195 Å². The molecule has 1 aliphatic carbocycles. The number of hydrogen-bond acceptors (Lipinski definition) is 0. The average molecular weight is 623 g/mol. The molecule has 0 heterocycles. The Balaban J connectivity index is 1.34. The predicted molar refractivity (Wildman–Crippen MR) is 208 cm³/mol. The molecule has 0 nitrogen and oxygen atoms in total. The van der Waals surface area contributed by atoms with E-state index in [1.807, 2.05) is 6.08 Å². The van der Waals surface area contributed by atoms with Crippen LogP contribution in [0.3, 0.4) is 0 Å². The van der Waals surface area contributed by atoms with Crippen molar-refractivity contribution in [2.24, 2.45) is 0 Å². The van der Waals surface area contributed by atoms with Crippen LogP contribution in [0.5, 0.6) is 0 Å². The molecule has 0 unspecified atom stereocenters. The summed E-state index contributed by atoms with van der Waals surface area (Å²) in [4.78, 5) is 0. The molecule has 0 radical (unpaired) electrons. The van der Waals surface area contributed by atoms with Crippen molar-refractivity contribution in [2.75, 3.05) is 0 Å². The van der Waals surface area contributed by atoms with Gasteiger partial charge in [0.15, 0.2) is 0 Å². The van der Waals surface area contributed by atoms with Gasteiger partial charge in [0.1, 0.15) is 0 Å². The van der Waals surface area contributed by atoms with Crippen LogP contribution in [0.15, 0.2) is 195 Å². The fraction of sp³-hybridized carbons (Fsp3) is 0.0204. The summed E-state index contributed by atoms with van der Waals surface area (Å²) in [6.45, 7) is 3.91. The molecule has 49 heavy (non-hydrogen) atoms. The van der Waals surface area contributed by atoms with Gasteiger partial charge in [-0.1, -0.05) is 189 Å². The van der Waals surface area contributed by atoms with Gasteiger partial charge in [-0.25, -0.2) is 0 Å². The summed E-state index contributed by atoms with van der Waals surface area (Å²) in [5.41, 5.74) is 15.8. The summed E-state index contributed by atoms with van der Waals surface area (Å²) in [7, 11) is 0. The van der Waals surface area contributed by atoms with Crippen LogP contribution < -0.4 is 0 Å². The largest absolute Gasteiger partial charge is 0.0985 e. The lowest BCUT2D eigenvalue weighted by Gasteiger charge is -2.34. The lowest BCUT2D eigenvalue weighted by molar-refractivity contribution is 0.769. The second-order valence-corrected chi connectivity index (χ2v) is 12.9. The number of hydrogen-bond donors (Lipinski definition) is 0. The second-order valence-electron chi connectivity index (χ2n) is 12.9. The van der Waals surface area contributed by atoms with Gasteiger partial charge in [0.05, 0.1) is 5.41 Å². The second kappa shape index (κ2) is 11.8. The van der Waals surface area contributed by atoms with Crippen LogP contribution in [-0.2, 0) is 5.41 Å². The Bertz CT molecular complexity index is 2410. The topological polar surface area (TPSA) is 0 Å². The van der Waals surface area contributed by atoms with E-state index < -0.39 is 5.41 Å². The first kappa shape index (κ1) is 28.9. The van der Waals surface area contributed by atoms with Crippen LogP contribution in [0.4, 0.5) is 0 Å². The van der Waals surface area contributed by atoms with Gasteiger partial charge in [-0.2, -0.15) is 0 Å². The Hall–Kier alpha value is -6.24. The van der Waals surface area contributed by atoms with E-state index in [1.54, 1.807) is 0 Å². The van der Waals surface area contributed by atoms with Crippen LogP contribution in [-0.4, -0.2) is 0 Å². The lowest BCUT2D eigenvalue weighted by atomic mass is 9.67. The monoisotopic (exact) mass is 622 g/mol. The Morgan fingerprint density at radius 2 is 0.816 bits per heavy atom. The molecule has 0 aromatic heterocycles. The molecule has 0 spiro atoms. The molecule has 0 atom stereocenters. The minimum Gasteiger partial charge on any atom is -0.0985 e. The Labute approximate surface area is 288 Å². The molecule has 0 bridgehead atoms. The van der Waals surface area contributed by atoms with Gasteiger partial charge in [0.2, 0.25) is 0 Å². The zero-order valence-corrected chi connectivity index (χ0v) is 27.2. The molecule has 8 aromatic rings. The van der Waals surface area contributed by atoms with Crippen molar-refractivity contribution < 1.29 is 0 Å². The highest BCUT2D eigenvalue weighted by molar-refractivity contribution is 6.09. The molecule has 0 fully saturated rings. The van der Waals surface area contributed by atoms with Crippen molar-refractivity contribution >= 4 is 16.8 Å². The molecular formula is C49H34. The Kier molecular flexibility index (Phi) is 6.95. The average Bonchev–Trinajstić information content (AvgIpc) is 3.48. The molecule has 230 valence electrons. The minimum atomic E-state index is -0.454. The fourth-order valence-corrected chi connectivity index (χ4v) is 8.05. The molecule has 9 rings (SSSR count). The standard InChI is InChI=1S/C49H34/c1-2-34-22-24-35(25-23-34)36-26-28-38(29-27-36)42-31-30-41(37-14-6-3-7-15-37)44-32-46-43-20-12-13-21-47(43)49(48(46)33-45(42)44,39-16-8-4-9-17-39)40-18-10-5-11-19-40/h2-33H,1H2. The zero-order chi connectivity index (χ0) is 32.8. The van der Waals surface area contributed by atoms with Crippen molar-refractivity contribution in [3.05, 3.63) is 222 Å². The van der Waals surface area contributed by atoms with Gasteiger partial charge >= 0.3 is 0 Å². The van der Waals surface area contributed by atoms with Gasteiger partial charge in [-0.3, -0.25) is 0 Å². The van der Waals surface area contributed by atoms with E-state index >= 15 is 0 Å². The van der Waals surface area contributed by atoms with Crippen molar-refractivity contribution in [3.63, 3.8) is 0 Å². The van der Waals surface area contributed by atoms with Gasteiger partial charge in [-0.05, 0) is 95.2 Å². The van der Waals surface area contributed by atoms with Crippen LogP contribution in [0.2, 0.25) is 0 Å². The first-order chi connectivity index (χ1) is 24.3. The molecule has 0 saturated heterocycles. The van der Waals surface area contributed by atoms with Crippen molar-refractivity contribution in [2.45, 2.75) is 5.41 Å². The van der Waals surface area contributed by atoms with E-state index in [0.29, 0.717) is 0 Å². The van der Waals surface area contributed by atoms with Gasteiger partial charge in [0.25, 0.3) is 0 Å². The maximum atomic E-state index is 3.91. The van der Waals surface area contributed by atoms with Crippen LogP contribution in [0.25, 0.3) is 61.4 Å². The first-order valence-corrected chi connectivity index (χ1v) is 17.0. The zero-order valence-electron chi connectivity index (χ0n) is 27.2. The van der Waals surface area contributed by atoms with Crippen LogP contribution in [0.1, 0.15) is 27.8 Å². The fourth-order valence-electron chi connectivity index (χ4n) is 8.05. The summed E-state index contributed by atoms with van der Waals surface area (Å²) >= 11 is 0. The van der Waals surface area contributed by atoms with E-state index in [0.717, 1.165) is 5.56 Å². The smallest absolute Gasteiger partial charge is 0.0713 e. The van der Waals surface area contributed by atoms with Gasteiger partial charge in [0, 0.05) is 0 Å². The molecule has 0 amide bonds. The third kappa shape index (κ3) is 4.60. The first-order valence-electron chi connectivity index (χ1n) is 17.0. The molecule has 0 N–H and O–H groups in total. The minimum absolute atomic E-state index is 0.454. The highest BCUT2D eigenvalue weighted by Gasteiger charge is 2.46. The predicted octanol–water partition coefficient (Wildman–Crippen LogP) is 12.8. The van der Waals surface area contributed by atoms with Crippen LogP contribution >= 0.6 is 0 Å². The van der Waals surface area contributed by atoms with Gasteiger partial charge in [-0.15, -0.1) is 0 Å². The molecular weight excluding hydrogens is 589 g/mol. The van der Waals surface area contributed by atoms with E-state index in [-0.39, 0.29) is 0 Å². The summed E-state index contributed by atoms with van der Waals surface area (Å²) in [6, 6.07) is 69.2. The van der Waals surface area contributed by atoms with E-state index in [9.17, 15) is 0 Å². The third-order valence-corrected chi connectivity index (χ3v) is 10.4. The number of fused-ring (bicyclic) bond motifs is 4. The van der Waals surface area contributed by atoms with Crippen LogP contribution in [0, 0.1) is 0 Å². The summed E-state index contributed by atoms with van der Waals surface area (Å²) in [5, 5.41) is 2.52. The summed E-state index contributed by atoms with van der Waals surface area (Å²) in [5.74, 6) is 0. The van der Waals surface area contributed by atoms with Crippen molar-refractivity contribution in [3.8, 4) is 44.5 Å². The number of rotatable bonds is 6. The molecule has 0 heteroatoms. The highest BCUT2D eigenvalue weighted by Crippen LogP contribution is 2.57. The third-order valence-electron chi connectivity index (χ3n) is 10.4. The molecule has 1 aliphatic rings. The quantitative estimate of drug-likeness (QED) is 0.173. The highest BCUT2D eigenvalue weighted by atomic mass is 14.5. The van der Waals surface area contributed by atoms with E-state index in [4.69, 9.17) is 0 Å².